The van der Waals surface area contributed by atoms with E-state index >= 15 is 0 Å². The van der Waals surface area contributed by atoms with Crippen LogP contribution in [-0.4, -0.2) is 86.9 Å². The van der Waals surface area contributed by atoms with Crippen LogP contribution in [0.4, 0.5) is 0 Å². The molecule has 2 amide bonds. The second-order valence-electron chi connectivity index (χ2n) is 9.48. The first-order chi connectivity index (χ1) is 16.8. The molecular weight excluding hydrogens is 516 g/mol. The standard InChI is InChI=1S/C22H20N2O10S2/c25-17-11-5-13-14(20(28)16(19(13)27)22(30)24-10-2-4-36(33,34)8-10)6-12(11)18(26)15(17)21(29)23-9-1-3-35(31,32)7-9/h5-6,9-10,15-16H,1-4,7-8H2,(H,23,29)(H,24,30). The van der Waals surface area contributed by atoms with Crippen molar-refractivity contribution in [2.45, 2.75) is 24.9 Å². The van der Waals surface area contributed by atoms with Crippen LogP contribution in [-0.2, 0) is 29.3 Å². The van der Waals surface area contributed by atoms with E-state index in [1.807, 2.05) is 0 Å². The Balaban J connectivity index is 1.36. The summed E-state index contributed by atoms with van der Waals surface area (Å²) >= 11 is 0. The first-order valence-corrected chi connectivity index (χ1v) is 14.8. The molecule has 14 heteroatoms. The fraction of sp³-hybridized carbons (Fsp3) is 0.455. The zero-order valence-electron chi connectivity index (χ0n) is 18.6. The average molecular weight is 537 g/mol. The SMILES string of the molecule is O=C(NC1CCS(=O)(=O)C1)C1C(=O)c2cc3c(cc2C1=O)C(=O)C(C(=O)NC1CCS(=O)(=O)C1)C3=O. The lowest BCUT2D eigenvalue weighted by molar-refractivity contribution is -0.123. The highest BCUT2D eigenvalue weighted by atomic mass is 32.2. The van der Waals surface area contributed by atoms with Gasteiger partial charge in [0.05, 0.1) is 23.0 Å². The number of rotatable bonds is 4. The topological polar surface area (TPSA) is 195 Å². The molecule has 2 saturated heterocycles. The highest BCUT2D eigenvalue weighted by Gasteiger charge is 2.50. The Morgan fingerprint density at radius 2 is 0.917 bits per heavy atom. The third-order valence-corrected chi connectivity index (χ3v) is 10.5. The summed E-state index contributed by atoms with van der Waals surface area (Å²) in [6.45, 7) is 0. The fourth-order valence-corrected chi connectivity index (χ4v) is 8.48. The number of hydrogen-bond acceptors (Lipinski definition) is 10. The van der Waals surface area contributed by atoms with Crippen molar-refractivity contribution >= 4 is 54.6 Å². The van der Waals surface area contributed by atoms with Gasteiger partial charge in [0.2, 0.25) is 11.8 Å². The van der Waals surface area contributed by atoms with Gasteiger partial charge in [-0.05, 0) is 25.0 Å². The molecule has 0 radical (unpaired) electrons. The number of sulfone groups is 2. The Bertz CT molecular complexity index is 1340. The molecule has 0 spiro atoms. The number of benzene rings is 1. The minimum Gasteiger partial charge on any atom is -0.351 e. The number of hydrogen-bond donors (Lipinski definition) is 2. The molecule has 2 N–H and O–H groups in total. The number of ketones is 4. The van der Waals surface area contributed by atoms with E-state index < -0.39 is 78.5 Å². The predicted molar refractivity (Wildman–Crippen MR) is 121 cm³/mol. The Morgan fingerprint density at radius 3 is 1.17 bits per heavy atom. The van der Waals surface area contributed by atoms with Crippen LogP contribution in [0.1, 0.15) is 54.3 Å². The maximum Gasteiger partial charge on any atom is 0.239 e. The summed E-state index contributed by atoms with van der Waals surface area (Å²) in [5.41, 5.74) is -0.937. The predicted octanol–water partition coefficient (Wildman–Crippen LogP) is -1.72. The highest BCUT2D eigenvalue weighted by Crippen LogP contribution is 2.35. The van der Waals surface area contributed by atoms with Gasteiger partial charge in [-0.25, -0.2) is 16.8 Å². The molecule has 2 heterocycles. The van der Waals surface area contributed by atoms with Gasteiger partial charge >= 0.3 is 0 Å². The lowest BCUT2D eigenvalue weighted by atomic mass is 10.0. The van der Waals surface area contributed by atoms with Gasteiger partial charge in [-0.15, -0.1) is 0 Å². The maximum absolute atomic E-state index is 12.9. The van der Waals surface area contributed by atoms with Crippen LogP contribution in [0.3, 0.4) is 0 Å². The van der Waals surface area contributed by atoms with Crippen LogP contribution in [0.15, 0.2) is 12.1 Å². The van der Waals surface area contributed by atoms with Gasteiger partial charge in [0.25, 0.3) is 0 Å². The van der Waals surface area contributed by atoms with E-state index in [9.17, 15) is 45.6 Å². The number of Topliss-reactive ketones (excluding diaryl/α,β-unsaturated/α-hetero) is 4. The normalized spacial score (nSPS) is 26.8. The first kappa shape index (κ1) is 24.4. The fourth-order valence-electron chi connectivity index (χ4n) is 5.14. The average Bonchev–Trinajstić information content (AvgIpc) is 3.45. The minimum absolute atomic E-state index is 0.118. The molecular formula is C22H20N2O10S2. The second-order valence-corrected chi connectivity index (χ2v) is 13.9. The summed E-state index contributed by atoms with van der Waals surface area (Å²) in [6.07, 6.45) is 0.313. The van der Waals surface area contributed by atoms with E-state index in [1.165, 1.54) is 0 Å². The molecule has 5 rings (SSSR count). The molecule has 2 aliphatic heterocycles. The zero-order chi connectivity index (χ0) is 26.2. The van der Waals surface area contributed by atoms with Crippen LogP contribution in [0, 0.1) is 11.8 Å². The largest absolute Gasteiger partial charge is 0.351 e. The molecule has 1 aromatic rings. The molecule has 2 atom stereocenters. The molecule has 4 aliphatic rings. The Labute approximate surface area is 205 Å². The van der Waals surface area contributed by atoms with Gasteiger partial charge in [0.1, 0.15) is 0 Å². The van der Waals surface area contributed by atoms with E-state index in [0.29, 0.717) is 0 Å². The van der Waals surface area contributed by atoms with E-state index in [0.717, 1.165) is 12.1 Å². The third-order valence-electron chi connectivity index (χ3n) is 6.95. The number of carbonyl (C=O) groups excluding carboxylic acids is 6. The molecule has 0 bridgehead atoms. The summed E-state index contributed by atoms with van der Waals surface area (Å²) in [6, 6.07) is 0.612. The number of amides is 2. The van der Waals surface area contributed by atoms with E-state index in [1.54, 1.807) is 0 Å². The van der Waals surface area contributed by atoms with E-state index in [-0.39, 0.29) is 58.1 Å². The molecule has 0 saturated carbocycles. The summed E-state index contributed by atoms with van der Waals surface area (Å²) in [4.78, 5) is 77.0. The first-order valence-electron chi connectivity index (χ1n) is 11.1. The van der Waals surface area contributed by atoms with Gasteiger partial charge in [0, 0.05) is 34.3 Å². The number of carbonyl (C=O) groups is 6. The van der Waals surface area contributed by atoms with Crippen molar-refractivity contribution in [3.63, 3.8) is 0 Å². The van der Waals surface area contributed by atoms with Crippen molar-refractivity contribution in [3.8, 4) is 0 Å². The monoisotopic (exact) mass is 536 g/mol. The molecule has 2 fully saturated rings. The van der Waals surface area contributed by atoms with Gasteiger partial charge in [0.15, 0.2) is 54.6 Å². The van der Waals surface area contributed by atoms with Crippen LogP contribution in [0.25, 0.3) is 0 Å². The molecule has 2 aliphatic carbocycles. The molecule has 1 aromatic carbocycles. The van der Waals surface area contributed by atoms with Gasteiger partial charge in [-0.2, -0.15) is 0 Å². The van der Waals surface area contributed by atoms with E-state index in [2.05, 4.69) is 10.6 Å². The molecule has 0 aromatic heterocycles. The summed E-state index contributed by atoms with van der Waals surface area (Å²) < 4.78 is 46.5. The van der Waals surface area contributed by atoms with Crippen molar-refractivity contribution in [2.24, 2.45) is 11.8 Å². The van der Waals surface area contributed by atoms with Crippen LogP contribution in [0.5, 0.6) is 0 Å². The van der Waals surface area contributed by atoms with Crippen molar-refractivity contribution in [2.75, 3.05) is 23.0 Å². The second kappa shape index (κ2) is 8.13. The van der Waals surface area contributed by atoms with Crippen LogP contribution >= 0.6 is 0 Å². The number of nitrogens with one attached hydrogen (secondary N) is 2. The quantitative estimate of drug-likeness (QED) is 0.418. The summed E-state index contributed by atoms with van der Waals surface area (Å²) in [7, 11) is -6.63. The summed E-state index contributed by atoms with van der Waals surface area (Å²) in [5.74, 6) is -9.82. The van der Waals surface area contributed by atoms with Crippen LogP contribution < -0.4 is 10.6 Å². The smallest absolute Gasteiger partial charge is 0.239 e. The van der Waals surface area contributed by atoms with Crippen molar-refractivity contribution in [1.82, 2.24) is 10.6 Å². The Morgan fingerprint density at radius 1 is 0.611 bits per heavy atom. The molecule has 2 unspecified atom stereocenters. The Hall–Kier alpha value is -3.26. The zero-order valence-corrected chi connectivity index (χ0v) is 20.2. The molecule has 36 heavy (non-hydrogen) atoms. The van der Waals surface area contributed by atoms with Crippen molar-refractivity contribution < 1.29 is 45.6 Å². The maximum atomic E-state index is 12.9. The van der Waals surface area contributed by atoms with Gasteiger partial charge < -0.3 is 10.6 Å². The van der Waals surface area contributed by atoms with Crippen molar-refractivity contribution in [1.29, 1.82) is 0 Å². The summed E-state index contributed by atoms with van der Waals surface area (Å²) in [5, 5.41) is 4.84. The molecule has 190 valence electrons. The van der Waals surface area contributed by atoms with Crippen molar-refractivity contribution in [3.05, 3.63) is 34.4 Å². The van der Waals surface area contributed by atoms with Gasteiger partial charge in [-0.3, -0.25) is 28.8 Å². The highest BCUT2D eigenvalue weighted by molar-refractivity contribution is 7.91. The lowest BCUT2D eigenvalue weighted by Gasteiger charge is -2.13. The Kier molecular flexibility index (Phi) is 5.52. The van der Waals surface area contributed by atoms with Crippen LogP contribution in [0.2, 0.25) is 0 Å². The third kappa shape index (κ3) is 3.97. The number of fused-ring (bicyclic) bond motifs is 2. The molecule has 12 nitrogen and oxygen atoms in total. The van der Waals surface area contributed by atoms with E-state index in [4.69, 9.17) is 0 Å². The minimum atomic E-state index is -3.31. The van der Waals surface area contributed by atoms with Gasteiger partial charge in [-0.1, -0.05) is 0 Å². The lowest BCUT2D eigenvalue weighted by Crippen LogP contribution is -2.43.